The number of hydrogen-bond acceptors (Lipinski definition) is 2. The van der Waals surface area contributed by atoms with Crippen molar-refractivity contribution in [2.24, 2.45) is 0 Å². The predicted octanol–water partition coefficient (Wildman–Crippen LogP) is 3.75. The molecule has 0 saturated carbocycles. The zero-order chi connectivity index (χ0) is 14.5. The number of rotatable bonds is 4. The lowest BCUT2D eigenvalue weighted by Crippen LogP contribution is -2.25. The molecule has 0 spiro atoms. The minimum absolute atomic E-state index is 0.949. The molecule has 1 aliphatic rings. The molecule has 0 bridgehead atoms. The molecular weight excluding hydrogens is 256 g/mol. The summed E-state index contributed by atoms with van der Waals surface area (Å²) in [4.78, 5) is 2.54. The van der Waals surface area contributed by atoms with E-state index in [1.54, 1.807) is 0 Å². The van der Waals surface area contributed by atoms with E-state index in [-0.39, 0.29) is 0 Å². The van der Waals surface area contributed by atoms with Gasteiger partial charge in [-0.1, -0.05) is 49.4 Å². The lowest BCUT2D eigenvalue weighted by atomic mass is 10.0. The third-order valence-corrected chi connectivity index (χ3v) is 4.25. The van der Waals surface area contributed by atoms with Crippen LogP contribution < -0.4 is 10.2 Å². The van der Waals surface area contributed by atoms with Gasteiger partial charge in [-0.05, 0) is 42.1 Å². The molecule has 0 unspecified atom stereocenters. The summed E-state index contributed by atoms with van der Waals surface area (Å²) in [5, 5.41) is 3.45. The van der Waals surface area contributed by atoms with Crippen molar-refractivity contribution in [1.82, 2.24) is 5.32 Å². The number of para-hydroxylation sites is 1. The highest BCUT2D eigenvalue weighted by molar-refractivity contribution is 5.54. The highest BCUT2D eigenvalue weighted by Crippen LogP contribution is 2.26. The van der Waals surface area contributed by atoms with Crippen LogP contribution in [0, 0.1) is 0 Å². The van der Waals surface area contributed by atoms with Gasteiger partial charge in [0, 0.05) is 25.3 Å². The first-order chi connectivity index (χ1) is 10.4. The summed E-state index contributed by atoms with van der Waals surface area (Å²) in [7, 11) is 0. The summed E-state index contributed by atoms with van der Waals surface area (Å²) in [5.41, 5.74) is 5.78. The van der Waals surface area contributed by atoms with Crippen molar-refractivity contribution in [3.63, 3.8) is 0 Å². The van der Waals surface area contributed by atoms with E-state index in [0.29, 0.717) is 0 Å². The molecule has 0 amide bonds. The van der Waals surface area contributed by atoms with Crippen molar-refractivity contribution in [2.45, 2.75) is 32.9 Å². The maximum Gasteiger partial charge on any atom is 0.0432 e. The number of aryl methyl sites for hydroxylation is 1. The zero-order valence-corrected chi connectivity index (χ0v) is 12.8. The van der Waals surface area contributed by atoms with Gasteiger partial charge in [0.15, 0.2) is 0 Å². The average Bonchev–Trinajstić information content (AvgIpc) is 2.75. The minimum atomic E-state index is 0.949. The minimum Gasteiger partial charge on any atom is -0.367 e. The Labute approximate surface area is 127 Å². The molecular formula is C19H24N2. The second kappa shape index (κ2) is 6.77. The van der Waals surface area contributed by atoms with Gasteiger partial charge in [0.2, 0.25) is 0 Å². The Balaban J connectivity index is 1.87. The van der Waals surface area contributed by atoms with E-state index in [1.807, 2.05) is 0 Å². The van der Waals surface area contributed by atoms with Crippen LogP contribution in [-0.2, 0) is 19.5 Å². The third kappa shape index (κ3) is 3.27. The summed E-state index contributed by atoms with van der Waals surface area (Å²) in [6.45, 7) is 6.28. The molecule has 0 aromatic heterocycles. The van der Waals surface area contributed by atoms with Gasteiger partial charge in [-0.2, -0.15) is 0 Å². The van der Waals surface area contributed by atoms with E-state index >= 15 is 0 Å². The normalized spacial score (nSPS) is 14.6. The fourth-order valence-electron chi connectivity index (χ4n) is 3.13. The second-order valence-corrected chi connectivity index (χ2v) is 5.70. The zero-order valence-electron chi connectivity index (χ0n) is 12.8. The Morgan fingerprint density at radius 1 is 1.00 bits per heavy atom. The summed E-state index contributed by atoms with van der Waals surface area (Å²) in [6.07, 6.45) is 2.43. The Morgan fingerprint density at radius 3 is 2.62 bits per heavy atom. The van der Waals surface area contributed by atoms with Crippen molar-refractivity contribution in [2.75, 3.05) is 18.0 Å². The molecule has 1 heterocycles. The molecule has 1 aliphatic heterocycles. The number of nitrogens with zero attached hydrogens (tertiary/aromatic N) is 1. The fraction of sp³-hybridized carbons (Fsp3) is 0.368. The molecule has 3 rings (SSSR count). The molecule has 110 valence electrons. The van der Waals surface area contributed by atoms with Crippen LogP contribution in [-0.4, -0.2) is 13.1 Å². The van der Waals surface area contributed by atoms with Crippen molar-refractivity contribution >= 4 is 5.69 Å². The monoisotopic (exact) mass is 280 g/mol. The lowest BCUT2D eigenvalue weighted by molar-refractivity contribution is 0.712. The number of anilines is 1. The topological polar surface area (TPSA) is 15.3 Å². The van der Waals surface area contributed by atoms with Gasteiger partial charge in [0.25, 0.3) is 0 Å². The Morgan fingerprint density at radius 2 is 1.76 bits per heavy atom. The maximum atomic E-state index is 3.45. The lowest BCUT2D eigenvalue weighted by Gasteiger charge is -2.26. The highest BCUT2D eigenvalue weighted by atomic mass is 15.1. The van der Waals surface area contributed by atoms with Gasteiger partial charge in [-0.25, -0.2) is 0 Å². The van der Waals surface area contributed by atoms with Crippen molar-refractivity contribution in [3.8, 4) is 0 Å². The molecule has 0 radical (unpaired) electrons. The highest BCUT2D eigenvalue weighted by Gasteiger charge is 2.16. The molecule has 0 saturated heterocycles. The second-order valence-electron chi connectivity index (χ2n) is 5.70. The smallest absolute Gasteiger partial charge is 0.0432 e. The molecule has 2 aromatic carbocycles. The predicted molar refractivity (Wildman–Crippen MR) is 89.6 cm³/mol. The Hall–Kier alpha value is -1.80. The van der Waals surface area contributed by atoms with Gasteiger partial charge in [-0.3, -0.25) is 0 Å². The number of nitrogens with one attached hydrogen (secondary N) is 1. The van der Waals surface area contributed by atoms with Crippen LogP contribution in [0.5, 0.6) is 0 Å². The number of fused-ring (bicyclic) bond motifs is 1. The average molecular weight is 280 g/mol. The number of hydrogen-bond donors (Lipinski definition) is 1. The van der Waals surface area contributed by atoms with Gasteiger partial charge in [-0.15, -0.1) is 0 Å². The molecule has 0 fully saturated rings. The quantitative estimate of drug-likeness (QED) is 0.917. The van der Waals surface area contributed by atoms with Gasteiger partial charge >= 0.3 is 0 Å². The van der Waals surface area contributed by atoms with Gasteiger partial charge < -0.3 is 10.2 Å². The molecule has 21 heavy (non-hydrogen) atoms. The molecule has 0 aliphatic carbocycles. The number of benzene rings is 2. The van der Waals surface area contributed by atoms with E-state index in [1.165, 1.54) is 35.2 Å². The SMILES string of the molecule is CCNCc1ccccc1N1CCCc2ccccc2C1. The van der Waals surface area contributed by atoms with Crippen LogP contribution >= 0.6 is 0 Å². The van der Waals surface area contributed by atoms with Gasteiger partial charge in [0.1, 0.15) is 0 Å². The Bertz CT molecular complexity index is 592. The van der Waals surface area contributed by atoms with Crippen molar-refractivity contribution in [3.05, 3.63) is 65.2 Å². The largest absolute Gasteiger partial charge is 0.367 e. The van der Waals surface area contributed by atoms with Crippen LogP contribution in [0.25, 0.3) is 0 Å². The van der Waals surface area contributed by atoms with Crippen LogP contribution in [0.15, 0.2) is 48.5 Å². The standard InChI is InChI=1S/C19H24N2/c1-2-20-14-17-9-5-6-12-19(17)21-13-7-11-16-8-3-4-10-18(16)15-21/h3-6,8-10,12,20H,2,7,11,13-15H2,1H3. The van der Waals surface area contributed by atoms with Crippen LogP contribution in [0.2, 0.25) is 0 Å². The molecule has 2 aromatic rings. The first kappa shape index (κ1) is 14.2. The van der Waals surface area contributed by atoms with Crippen LogP contribution in [0.1, 0.15) is 30.0 Å². The Kier molecular flexibility index (Phi) is 4.56. The van der Waals surface area contributed by atoms with E-state index in [9.17, 15) is 0 Å². The van der Waals surface area contributed by atoms with E-state index in [0.717, 1.165) is 26.2 Å². The summed E-state index contributed by atoms with van der Waals surface area (Å²) in [5.74, 6) is 0. The van der Waals surface area contributed by atoms with Crippen LogP contribution in [0.3, 0.4) is 0 Å². The van der Waals surface area contributed by atoms with Gasteiger partial charge in [0.05, 0.1) is 0 Å². The first-order valence-electron chi connectivity index (χ1n) is 7.99. The summed E-state index contributed by atoms with van der Waals surface area (Å²) in [6, 6.07) is 17.7. The summed E-state index contributed by atoms with van der Waals surface area (Å²) < 4.78 is 0. The third-order valence-electron chi connectivity index (χ3n) is 4.25. The van der Waals surface area contributed by atoms with E-state index in [4.69, 9.17) is 0 Å². The van der Waals surface area contributed by atoms with Crippen LogP contribution in [0.4, 0.5) is 5.69 Å². The first-order valence-corrected chi connectivity index (χ1v) is 7.99. The molecule has 2 heteroatoms. The van der Waals surface area contributed by atoms with E-state index < -0.39 is 0 Å². The molecule has 0 atom stereocenters. The maximum absolute atomic E-state index is 3.45. The van der Waals surface area contributed by atoms with E-state index in [2.05, 4.69) is 65.7 Å². The molecule has 1 N–H and O–H groups in total. The van der Waals surface area contributed by atoms with Crippen molar-refractivity contribution < 1.29 is 0 Å². The summed E-state index contributed by atoms with van der Waals surface area (Å²) >= 11 is 0. The molecule has 2 nitrogen and oxygen atoms in total. The fourth-order valence-corrected chi connectivity index (χ4v) is 3.13. The van der Waals surface area contributed by atoms with Crippen molar-refractivity contribution in [1.29, 1.82) is 0 Å².